The lowest BCUT2D eigenvalue weighted by Crippen LogP contribution is -2.13. The van der Waals surface area contributed by atoms with Crippen LogP contribution in [0, 0.1) is 12.3 Å². The number of hydrogen-bond acceptors (Lipinski definition) is 2. The maximum absolute atomic E-state index is 5.22. The van der Waals surface area contributed by atoms with Crippen molar-refractivity contribution in [3.63, 3.8) is 0 Å². The van der Waals surface area contributed by atoms with E-state index in [0.717, 1.165) is 32.4 Å². The van der Waals surface area contributed by atoms with Crippen LogP contribution in [0.5, 0.6) is 0 Å². The van der Waals surface area contributed by atoms with Crippen molar-refractivity contribution < 1.29 is 0 Å². The molecule has 0 fully saturated rings. The molecule has 0 atom stereocenters. The third kappa shape index (κ3) is 4.55. The van der Waals surface area contributed by atoms with Crippen LogP contribution in [0.25, 0.3) is 11.1 Å². The Morgan fingerprint density at radius 1 is 1.11 bits per heavy atom. The third-order valence-electron chi connectivity index (χ3n) is 2.98. The smallest absolute Gasteiger partial charge is 0.0299 e. The van der Waals surface area contributed by atoms with E-state index in [0.29, 0.717) is 0 Å². The molecule has 0 saturated heterocycles. The van der Waals surface area contributed by atoms with Gasteiger partial charge in [-0.2, -0.15) is 0 Å². The molecule has 98 valence electrons. The molecule has 2 aromatic rings. The summed E-state index contributed by atoms with van der Waals surface area (Å²) in [6, 6.07) is 12.8. The molecule has 2 heteroatoms. The van der Waals surface area contributed by atoms with Gasteiger partial charge in [0.2, 0.25) is 0 Å². The molecule has 0 aliphatic carbocycles. The van der Waals surface area contributed by atoms with Gasteiger partial charge in [0.05, 0.1) is 0 Å². The van der Waals surface area contributed by atoms with Crippen LogP contribution in [0.15, 0.2) is 41.8 Å². The third-order valence-corrected chi connectivity index (χ3v) is 3.92. The van der Waals surface area contributed by atoms with Crippen LogP contribution in [-0.4, -0.2) is 6.54 Å². The van der Waals surface area contributed by atoms with Gasteiger partial charge >= 0.3 is 0 Å². The fourth-order valence-electron chi connectivity index (χ4n) is 1.94. The number of benzene rings is 1. The first-order valence-electron chi connectivity index (χ1n) is 6.67. The molecule has 1 N–H and O–H groups in total. The Morgan fingerprint density at radius 2 is 1.95 bits per heavy atom. The molecule has 0 saturated carbocycles. The summed E-state index contributed by atoms with van der Waals surface area (Å²) in [4.78, 5) is 1.39. The van der Waals surface area contributed by atoms with Gasteiger partial charge in [-0.3, -0.25) is 0 Å². The Balaban J connectivity index is 1.77. The molecule has 0 unspecified atom stereocenters. The lowest BCUT2D eigenvalue weighted by Gasteiger charge is -2.01. The first-order valence-corrected chi connectivity index (χ1v) is 7.55. The second-order valence-electron chi connectivity index (χ2n) is 4.51. The van der Waals surface area contributed by atoms with Crippen molar-refractivity contribution in [1.82, 2.24) is 5.32 Å². The highest BCUT2D eigenvalue weighted by Gasteiger charge is 2.01. The molecule has 0 aliphatic rings. The SMILES string of the molecule is C#CCCCCNCc1cc(-c2ccccc2)cs1. The molecule has 0 bridgehead atoms. The molecule has 2 rings (SSSR count). The number of thiophene rings is 1. The summed E-state index contributed by atoms with van der Waals surface area (Å²) in [5.41, 5.74) is 2.61. The van der Waals surface area contributed by atoms with E-state index in [1.54, 1.807) is 0 Å². The predicted octanol–water partition coefficient (Wildman–Crippen LogP) is 4.31. The zero-order valence-corrected chi connectivity index (χ0v) is 11.9. The molecule has 1 aromatic carbocycles. The summed E-state index contributed by atoms with van der Waals surface area (Å²) >= 11 is 1.82. The average molecular weight is 269 g/mol. The average Bonchev–Trinajstić information content (AvgIpc) is 2.92. The number of nitrogens with one attached hydrogen (secondary N) is 1. The Morgan fingerprint density at radius 3 is 2.74 bits per heavy atom. The van der Waals surface area contributed by atoms with Gasteiger partial charge in [0, 0.05) is 17.8 Å². The Hall–Kier alpha value is -1.56. The van der Waals surface area contributed by atoms with Crippen molar-refractivity contribution >= 4 is 11.3 Å². The maximum Gasteiger partial charge on any atom is 0.0299 e. The Labute approximate surface area is 119 Å². The predicted molar refractivity (Wildman–Crippen MR) is 84.1 cm³/mol. The van der Waals surface area contributed by atoms with Gasteiger partial charge in [0.15, 0.2) is 0 Å². The van der Waals surface area contributed by atoms with Crippen molar-refractivity contribution in [1.29, 1.82) is 0 Å². The van der Waals surface area contributed by atoms with E-state index < -0.39 is 0 Å². The van der Waals surface area contributed by atoms with Crippen LogP contribution >= 0.6 is 11.3 Å². The van der Waals surface area contributed by atoms with Crippen molar-refractivity contribution in [3.8, 4) is 23.5 Å². The largest absolute Gasteiger partial charge is 0.312 e. The summed E-state index contributed by atoms with van der Waals surface area (Å²) < 4.78 is 0. The maximum atomic E-state index is 5.22. The number of terminal acetylenes is 1. The van der Waals surface area contributed by atoms with Gasteiger partial charge in [-0.15, -0.1) is 23.7 Å². The number of rotatable bonds is 7. The van der Waals surface area contributed by atoms with Crippen LogP contribution in [0.2, 0.25) is 0 Å². The minimum Gasteiger partial charge on any atom is -0.312 e. The first kappa shape index (κ1) is 13.9. The molecular weight excluding hydrogens is 250 g/mol. The van der Waals surface area contributed by atoms with Crippen LogP contribution in [0.3, 0.4) is 0 Å². The fourth-order valence-corrected chi connectivity index (χ4v) is 2.81. The van der Waals surface area contributed by atoms with Crippen molar-refractivity contribution in [2.75, 3.05) is 6.54 Å². The zero-order chi connectivity index (χ0) is 13.3. The van der Waals surface area contributed by atoms with E-state index in [4.69, 9.17) is 6.42 Å². The summed E-state index contributed by atoms with van der Waals surface area (Å²) in [5, 5.41) is 5.69. The first-order chi connectivity index (χ1) is 9.40. The molecule has 0 aliphatic heterocycles. The Kier molecular flexibility index (Phi) is 5.68. The van der Waals surface area contributed by atoms with E-state index in [1.807, 2.05) is 11.3 Å². The fraction of sp³-hybridized carbons (Fsp3) is 0.294. The summed E-state index contributed by atoms with van der Waals surface area (Å²) in [6.45, 7) is 1.99. The topological polar surface area (TPSA) is 12.0 Å². The van der Waals surface area contributed by atoms with Gasteiger partial charge in [-0.1, -0.05) is 30.3 Å². The van der Waals surface area contributed by atoms with E-state index in [9.17, 15) is 0 Å². The summed E-state index contributed by atoms with van der Waals surface area (Å²) in [7, 11) is 0. The minimum absolute atomic E-state index is 0.888. The minimum atomic E-state index is 0.888. The molecular formula is C17H19NS. The van der Waals surface area contributed by atoms with Crippen molar-refractivity contribution in [3.05, 3.63) is 46.7 Å². The molecule has 1 heterocycles. The second kappa shape index (κ2) is 7.78. The summed E-state index contributed by atoms with van der Waals surface area (Å²) in [5.74, 6) is 2.67. The van der Waals surface area contributed by atoms with Crippen molar-refractivity contribution in [2.24, 2.45) is 0 Å². The van der Waals surface area contributed by atoms with Crippen LogP contribution in [0.4, 0.5) is 0 Å². The molecule has 0 radical (unpaired) electrons. The van der Waals surface area contributed by atoms with Crippen molar-refractivity contribution in [2.45, 2.75) is 25.8 Å². The summed E-state index contributed by atoms with van der Waals surface area (Å²) in [6.07, 6.45) is 8.38. The number of hydrogen-bond donors (Lipinski definition) is 1. The monoisotopic (exact) mass is 269 g/mol. The van der Waals surface area contributed by atoms with E-state index in [1.165, 1.54) is 16.0 Å². The molecule has 0 amide bonds. The van der Waals surface area contributed by atoms with E-state index >= 15 is 0 Å². The van der Waals surface area contributed by atoms with Crippen LogP contribution in [0.1, 0.15) is 24.1 Å². The van der Waals surface area contributed by atoms with Gasteiger partial charge in [-0.25, -0.2) is 0 Å². The lowest BCUT2D eigenvalue weighted by atomic mass is 10.1. The highest BCUT2D eigenvalue weighted by molar-refractivity contribution is 7.10. The van der Waals surface area contributed by atoms with Gasteiger partial charge in [-0.05, 0) is 42.0 Å². The highest BCUT2D eigenvalue weighted by Crippen LogP contribution is 2.25. The quantitative estimate of drug-likeness (QED) is 0.583. The van der Waals surface area contributed by atoms with Crippen LogP contribution in [-0.2, 0) is 6.54 Å². The van der Waals surface area contributed by atoms with E-state index in [2.05, 4.69) is 53.0 Å². The Bertz CT molecular complexity index is 522. The number of unbranched alkanes of at least 4 members (excludes halogenated alkanes) is 2. The lowest BCUT2D eigenvalue weighted by molar-refractivity contribution is 0.634. The van der Waals surface area contributed by atoms with E-state index in [-0.39, 0.29) is 0 Å². The molecule has 1 aromatic heterocycles. The van der Waals surface area contributed by atoms with Gasteiger partial charge in [0.25, 0.3) is 0 Å². The standard InChI is InChI=1S/C17H19NS/c1-2-3-4-8-11-18-13-17-12-16(14-19-17)15-9-6-5-7-10-15/h1,5-7,9-10,12,14,18H,3-4,8,11,13H2. The highest BCUT2D eigenvalue weighted by atomic mass is 32.1. The molecule has 1 nitrogen and oxygen atoms in total. The van der Waals surface area contributed by atoms with Crippen LogP contribution < -0.4 is 5.32 Å². The molecule has 0 spiro atoms. The molecule has 19 heavy (non-hydrogen) atoms. The zero-order valence-electron chi connectivity index (χ0n) is 11.1. The normalized spacial score (nSPS) is 10.3. The van der Waals surface area contributed by atoms with Gasteiger partial charge < -0.3 is 5.32 Å². The second-order valence-corrected chi connectivity index (χ2v) is 5.50. The van der Waals surface area contributed by atoms with Gasteiger partial charge in [0.1, 0.15) is 0 Å².